The van der Waals surface area contributed by atoms with E-state index in [0.717, 1.165) is 32.1 Å². The number of rotatable bonds is 9. The molecule has 2 aliphatic rings. The normalized spacial score (nSPS) is 18.8. The molecule has 1 aliphatic carbocycles. The molecule has 2 fully saturated rings. The van der Waals surface area contributed by atoms with Crippen molar-refractivity contribution in [2.75, 3.05) is 13.1 Å². The van der Waals surface area contributed by atoms with Gasteiger partial charge in [0.15, 0.2) is 0 Å². The van der Waals surface area contributed by atoms with E-state index >= 15 is 0 Å². The van der Waals surface area contributed by atoms with Gasteiger partial charge in [-0.15, -0.1) is 0 Å². The highest BCUT2D eigenvalue weighted by Crippen LogP contribution is 2.28. The molecule has 0 bridgehead atoms. The third-order valence-electron chi connectivity index (χ3n) is 6.81. The molecular formula is C25H29Cl2N5O5. The minimum atomic E-state index is -1.18. The van der Waals surface area contributed by atoms with Gasteiger partial charge >= 0.3 is 0 Å². The number of aromatic nitrogens is 1. The van der Waals surface area contributed by atoms with E-state index in [1.807, 2.05) is 0 Å². The summed E-state index contributed by atoms with van der Waals surface area (Å²) in [6.45, 7) is 0.0377. The lowest BCUT2D eigenvalue weighted by atomic mass is 9.93. The van der Waals surface area contributed by atoms with Crippen LogP contribution in [0.5, 0.6) is 0 Å². The number of amides is 4. The highest BCUT2D eigenvalue weighted by Gasteiger charge is 2.34. The summed E-state index contributed by atoms with van der Waals surface area (Å²) in [6, 6.07) is 3.47. The molecule has 1 aliphatic heterocycles. The Balaban J connectivity index is 1.37. The number of aromatic amines is 1. The quantitative estimate of drug-likeness (QED) is 0.304. The van der Waals surface area contributed by atoms with E-state index in [-0.39, 0.29) is 24.1 Å². The fraction of sp³-hybridized carbons (Fsp3) is 0.480. The number of halogens is 2. The number of fused-ring (bicyclic) bond motifs is 1. The lowest BCUT2D eigenvalue weighted by molar-refractivity contribution is -0.141. The molecular weight excluding hydrogens is 521 g/mol. The van der Waals surface area contributed by atoms with Crippen molar-refractivity contribution < 1.29 is 24.0 Å². The van der Waals surface area contributed by atoms with Gasteiger partial charge in [0.1, 0.15) is 5.69 Å². The van der Waals surface area contributed by atoms with Gasteiger partial charge in [-0.05, 0) is 43.9 Å². The fourth-order valence-corrected chi connectivity index (χ4v) is 5.38. The summed E-state index contributed by atoms with van der Waals surface area (Å²) in [5.74, 6) is -3.50. The maximum Gasteiger partial charge on any atom is 0.289 e. The molecule has 4 amide bonds. The van der Waals surface area contributed by atoms with Gasteiger partial charge < -0.3 is 26.3 Å². The summed E-state index contributed by atoms with van der Waals surface area (Å²) < 4.78 is 0. The van der Waals surface area contributed by atoms with E-state index < -0.39 is 42.0 Å². The summed E-state index contributed by atoms with van der Waals surface area (Å²) in [5.41, 5.74) is 0.741. The van der Waals surface area contributed by atoms with Gasteiger partial charge in [0, 0.05) is 34.4 Å². The molecule has 12 heteroatoms. The van der Waals surface area contributed by atoms with Gasteiger partial charge in [0.2, 0.25) is 17.6 Å². The Bertz CT molecular complexity index is 1220. The Kier molecular flexibility index (Phi) is 8.71. The maximum absolute atomic E-state index is 13.0. The van der Waals surface area contributed by atoms with Crippen molar-refractivity contribution in [3.05, 3.63) is 33.9 Å². The Hall–Kier alpha value is -3.11. The van der Waals surface area contributed by atoms with Crippen molar-refractivity contribution >= 4 is 63.5 Å². The topological polar surface area (TPSA) is 149 Å². The van der Waals surface area contributed by atoms with Crippen LogP contribution >= 0.6 is 23.2 Å². The Labute approximate surface area is 223 Å². The SMILES string of the molecule is O=C(CNC(=O)c1cc2c(Cl)cc(Cl)cc2[nH]1)NC(CC1CCNC1=O)C(=O)C(=O)NC1CCCCC1. The first-order valence-corrected chi connectivity index (χ1v) is 13.1. The summed E-state index contributed by atoms with van der Waals surface area (Å²) in [7, 11) is 0. The van der Waals surface area contributed by atoms with E-state index in [1.165, 1.54) is 0 Å². The van der Waals surface area contributed by atoms with E-state index in [9.17, 15) is 24.0 Å². The van der Waals surface area contributed by atoms with Gasteiger partial charge in [-0.2, -0.15) is 0 Å². The average molecular weight is 550 g/mol. The molecule has 10 nitrogen and oxygen atoms in total. The first-order valence-electron chi connectivity index (χ1n) is 12.4. The van der Waals surface area contributed by atoms with Crippen LogP contribution in [0.15, 0.2) is 18.2 Å². The van der Waals surface area contributed by atoms with Crippen molar-refractivity contribution in [1.82, 2.24) is 26.3 Å². The maximum atomic E-state index is 13.0. The van der Waals surface area contributed by atoms with Gasteiger partial charge in [-0.1, -0.05) is 42.5 Å². The molecule has 1 aromatic carbocycles. The number of carbonyl (C=O) groups excluding carboxylic acids is 5. The van der Waals surface area contributed by atoms with Crippen molar-refractivity contribution in [2.45, 2.75) is 57.0 Å². The molecule has 2 atom stereocenters. The number of nitrogens with one attached hydrogen (secondary N) is 5. The monoisotopic (exact) mass is 549 g/mol. The summed E-state index contributed by atoms with van der Waals surface area (Å²) in [4.78, 5) is 65.9. The Morgan fingerprint density at radius 2 is 1.78 bits per heavy atom. The van der Waals surface area contributed by atoms with Crippen molar-refractivity contribution in [3.63, 3.8) is 0 Å². The molecule has 1 saturated carbocycles. The van der Waals surface area contributed by atoms with Crippen LogP contribution in [0.25, 0.3) is 10.9 Å². The molecule has 1 saturated heterocycles. The Morgan fingerprint density at radius 3 is 2.49 bits per heavy atom. The summed E-state index contributed by atoms with van der Waals surface area (Å²) in [6.07, 6.45) is 5.18. The predicted octanol–water partition coefficient (Wildman–Crippen LogP) is 2.23. The number of hydrogen-bond acceptors (Lipinski definition) is 5. The molecule has 4 rings (SSSR count). The zero-order valence-electron chi connectivity index (χ0n) is 20.1. The minimum absolute atomic E-state index is 0.00369. The highest BCUT2D eigenvalue weighted by atomic mass is 35.5. The number of carbonyl (C=O) groups is 5. The van der Waals surface area contributed by atoms with Crippen molar-refractivity contribution in [2.24, 2.45) is 5.92 Å². The van der Waals surface area contributed by atoms with E-state index in [1.54, 1.807) is 18.2 Å². The van der Waals surface area contributed by atoms with Crippen LogP contribution in [0.3, 0.4) is 0 Å². The van der Waals surface area contributed by atoms with Crippen LogP contribution in [-0.4, -0.2) is 59.6 Å². The van der Waals surface area contributed by atoms with E-state index in [4.69, 9.17) is 23.2 Å². The van der Waals surface area contributed by atoms with Gasteiger partial charge in [-0.25, -0.2) is 0 Å². The van der Waals surface area contributed by atoms with Crippen LogP contribution in [0.4, 0.5) is 0 Å². The number of ketones is 1. The molecule has 5 N–H and O–H groups in total. The van der Waals surface area contributed by atoms with Crippen molar-refractivity contribution in [3.8, 4) is 0 Å². The molecule has 2 unspecified atom stereocenters. The molecule has 198 valence electrons. The molecule has 2 heterocycles. The zero-order valence-corrected chi connectivity index (χ0v) is 21.6. The van der Waals surface area contributed by atoms with E-state index in [2.05, 4.69) is 26.3 Å². The predicted molar refractivity (Wildman–Crippen MR) is 138 cm³/mol. The molecule has 1 aromatic heterocycles. The second-order valence-electron chi connectivity index (χ2n) is 9.52. The Morgan fingerprint density at radius 1 is 1.03 bits per heavy atom. The third-order valence-corrected chi connectivity index (χ3v) is 7.34. The zero-order chi connectivity index (χ0) is 26.5. The molecule has 0 spiro atoms. The first-order chi connectivity index (χ1) is 17.7. The van der Waals surface area contributed by atoms with Gasteiger partial charge in [-0.3, -0.25) is 24.0 Å². The van der Waals surface area contributed by atoms with Gasteiger partial charge in [0.05, 0.1) is 17.6 Å². The van der Waals surface area contributed by atoms with Crippen LogP contribution in [0.2, 0.25) is 10.0 Å². The minimum Gasteiger partial charge on any atom is -0.356 e. The largest absolute Gasteiger partial charge is 0.356 e. The van der Waals surface area contributed by atoms with E-state index in [0.29, 0.717) is 33.9 Å². The summed E-state index contributed by atoms with van der Waals surface area (Å²) >= 11 is 12.2. The van der Waals surface area contributed by atoms with Crippen molar-refractivity contribution in [1.29, 1.82) is 0 Å². The molecule has 37 heavy (non-hydrogen) atoms. The third kappa shape index (κ3) is 6.81. The number of Topliss-reactive ketones (excluding diaryl/α,β-unsaturated/α-hetero) is 1. The number of H-pyrrole nitrogens is 1. The van der Waals surface area contributed by atoms with Crippen LogP contribution in [0, 0.1) is 5.92 Å². The van der Waals surface area contributed by atoms with Crippen LogP contribution in [-0.2, 0) is 19.2 Å². The summed E-state index contributed by atoms with van der Waals surface area (Å²) in [5, 5.41) is 11.9. The average Bonchev–Trinajstić information content (AvgIpc) is 3.48. The second-order valence-corrected chi connectivity index (χ2v) is 10.4. The number of benzene rings is 1. The lowest BCUT2D eigenvalue weighted by Gasteiger charge is -2.24. The second kappa shape index (κ2) is 12.0. The lowest BCUT2D eigenvalue weighted by Crippen LogP contribution is -2.52. The number of hydrogen-bond donors (Lipinski definition) is 5. The van der Waals surface area contributed by atoms with Crippen LogP contribution in [0.1, 0.15) is 55.4 Å². The molecule has 2 aromatic rings. The first kappa shape index (κ1) is 26.9. The standard InChI is InChI=1S/C25H29Cl2N5O5/c26-14-9-17(27)16-11-20(31-18(16)10-14)24(36)29-12-21(33)32-19(8-13-6-7-28-23(13)35)22(34)25(37)30-15-4-2-1-3-5-15/h9-11,13,15,19,31H,1-8,12H2,(H,28,35)(H,29,36)(H,30,37)(H,32,33). The van der Waals surface area contributed by atoms with Crippen LogP contribution < -0.4 is 21.3 Å². The molecule has 0 radical (unpaired) electrons. The van der Waals surface area contributed by atoms with Gasteiger partial charge in [0.25, 0.3) is 11.8 Å². The highest BCUT2D eigenvalue weighted by molar-refractivity contribution is 6.39. The fourth-order valence-electron chi connectivity index (χ4n) is 4.83. The smallest absolute Gasteiger partial charge is 0.289 e.